The van der Waals surface area contributed by atoms with Crippen molar-refractivity contribution in [3.63, 3.8) is 0 Å². The van der Waals surface area contributed by atoms with E-state index in [1.165, 1.54) is 12.1 Å². The molecule has 2 aromatic heterocycles. The van der Waals surface area contributed by atoms with E-state index in [0.29, 0.717) is 24.1 Å². The molecule has 3 heterocycles. The largest absolute Gasteiger partial charge is 0.378 e. The number of anilines is 1. The van der Waals surface area contributed by atoms with Crippen LogP contribution in [-0.2, 0) is 4.74 Å². The van der Waals surface area contributed by atoms with Crippen molar-refractivity contribution < 1.29 is 9.13 Å². The van der Waals surface area contributed by atoms with Crippen LogP contribution in [0.3, 0.4) is 0 Å². The molecule has 2 aromatic carbocycles. The summed E-state index contributed by atoms with van der Waals surface area (Å²) >= 11 is 6.04. The zero-order valence-electron chi connectivity index (χ0n) is 16.1. The van der Waals surface area contributed by atoms with Gasteiger partial charge in [-0.2, -0.15) is 0 Å². The van der Waals surface area contributed by atoms with Crippen LogP contribution >= 0.6 is 11.6 Å². The number of aromatic nitrogens is 3. The highest BCUT2D eigenvalue weighted by Gasteiger charge is 2.19. The monoisotopic (exact) mass is 420 g/mol. The van der Waals surface area contributed by atoms with Gasteiger partial charge in [-0.25, -0.2) is 19.3 Å². The fraction of sp³-hybridized carbons (Fsp3) is 0.174. The Balaban J connectivity index is 1.67. The van der Waals surface area contributed by atoms with Gasteiger partial charge in [0.25, 0.3) is 0 Å². The first-order chi connectivity index (χ1) is 14.7. The van der Waals surface area contributed by atoms with E-state index in [1.54, 1.807) is 12.1 Å². The van der Waals surface area contributed by atoms with E-state index >= 15 is 0 Å². The zero-order valence-corrected chi connectivity index (χ0v) is 16.8. The fourth-order valence-electron chi connectivity index (χ4n) is 3.50. The number of ether oxygens (including phenoxy) is 1. The molecule has 7 heteroatoms. The smallest absolute Gasteiger partial charge is 0.162 e. The van der Waals surface area contributed by atoms with E-state index in [1.807, 2.05) is 36.4 Å². The van der Waals surface area contributed by atoms with Crippen molar-refractivity contribution in [2.24, 2.45) is 0 Å². The highest BCUT2D eigenvalue weighted by atomic mass is 35.5. The Bertz CT molecular complexity index is 1190. The van der Waals surface area contributed by atoms with Gasteiger partial charge < -0.3 is 9.64 Å². The summed E-state index contributed by atoms with van der Waals surface area (Å²) in [6, 6.07) is 17.6. The summed E-state index contributed by atoms with van der Waals surface area (Å²) in [6.45, 7) is 2.74. The molecule has 1 aliphatic rings. The number of hydrogen-bond donors (Lipinski definition) is 0. The van der Waals surface area contributed by atoms with Gasteiger partial charge in [0.05, 0.1) is 24.4 Å². The van der Waals surface area contributed by atoms with Gasteiger partial charge in [0.1, 0.15) is 11.3 Å². The SMILES string of the molecule is Fc1ccc(-c2ccc3nc(-c4ccc(Cl)cc4)nc(N4CCOCC4)c3n2)cc1. The molecular weight excluding hydrogens is 403 g/mol. The molecule has 0 unspecified atom stereocenters. The minimum absolute atomic E-state index is 0.274. The van der Waals surface area contributed by atoms with Crippen molar-refractivity contribution in [2.45, 2.75) is 0 Å². The lowest BCUT2D eigenvalue weighted by Gasteiger charge is -2.28. The summed E-state index contributed by atoms with van der Waals surface area (Å²) < 4.78 is 18.8. The quantitative estimate of drug-likeness (QED) is 0.467. The predicted octanol–water partition coefficient (Wildman–Crippen LogP) is 4.99. The lowest BCUT2D eigenvalue weighted by molar-refractivity contribution is 0.122. The zero-order chi connectivity index (χ0) is 20.5. The summed E-state index contributed by atoms with van der Waals surface area (Å²) in [5.41, 5.74) is 3.95. The van der Waals surface area contributed by atoms with Crippen LogP contribution in [0.25, 0.3) is 33.7 Å². The molecule has 0 atom stereocenters. The van der Waals surface area contributed by atoms with Crippen LogP contribution in [0.4, 0.5) is 10.2 Å². The molecule has 0 aliphatic carbocycles. The Morgan fingerprint density at radius 2 is 1.50 bits per heavy atom. The first-order valence-electron chi connectivity index (χ1n) is 9.71. The number of fused-ring (bicyclic) bond motifs is 1. The van der Waals surface area contributed by atoms with E-state index < -0.39 is 0 Å². The number of pyridine rings is 1. The number of hydrogen-bond acceptors (Lipinski definition) is 5. The third-order valence-corrected chi connectivity index (χ3v) is 5.33. The minimum atomic E-state index is -0.274. The third kappa shape index (κ3) is 3.72. The summed E-state index contributed by atoms with van der Waals surface area (Å²) in [4.78, 5) is 16.6. The lowest BCUT2D eigenvalue weighted by Crippen LogP contribution is -2.37. The second-order valence-electron chi connectivity index (χ2n) is 7.05. The Labute approximate surface area is 178 Å². The number of rotatable bonds is 3. The van der Waals surface area contributed by atoms with Gasteiger partial charge in [0.15, 0.2) is 11.6 Å². The van der Waals surface area contributed by atoms with E-state index in [9.17, 15) is 4.39 Å². The molecule has 0 N–H and O–H groups in total. The molecule has 0 spiro atoms. The fourth-order valence-corrected chi connectivity index (χ4v) is 3.63. The number of nitrogens with zero attached hydrogens (tertiary/aromatic N) is 4. The van der Waals surface area contributed by atoms with Crippen LogP contribution in [0.5, 0.6) is 0 Å². The summed E-state index contributed by atoms with van der Waals surface area (Å²) in [7, 11) is 0. The molecule has 1 fully saturated rings. The first-order valence-corrected chi connectivity index (χ1v) is 10.1. The van der Waals surface area contributed by atoms with Crippen LogP contribution < -0.4 is 4.90 Å². The van der Waals surface area contributed by atoms with Crippen molar-refractivity contribution in [3.8, 4) is 22.6 Å². The number of morpholine rings is 1. The van der Waals surface area contributed by atoms with E-state index in [2.05, 4.69) is 4.90 Å². The van der Waals surface area contributed by atoms with Crippen LogP contribution in [0.1, 0.15) is 0 Å². The van der Waals surface area contributed by atoms with Crippen LogP contribution in [-0.4, -0.2) is 41.3 Å². The number of benzene rings is 2. The highest BCUT2D eigenvalue weighted by Crippen LogP contribution is 2.30. The van der Waals surface area contributed by atoms with Crippen molar-refractivity contribution in [2.75, 3.05) is 31.2 Å². The molecule has 0 saturated carbocycles. The summed E-state index contributed by atoms with van der Waals surface area (Å²) in [5, 5.41) is 0.665. The Morgan fingerprint density at radius 3 is 2.23 bits per heavy atom. The summed E-state index contributed by atoms with van der Waals surface area (Å²) in [5.74, 6) is 1.12. The maximum absolute atomic E-state index is 13.3. The molecule has 1 aliphatic heterocycles. The Morgan fingerprint density at radius 1 is 0.800 bits per heavy atom. The van der Waals surface area contributed by atoms with Gasteiger partial charge in [0.2, 0.25) is 0 Å². The third-order valence-electron chi connectivity index (χ3n) is 5.08. The predicted molar refractivity (Wildman–Crippen MR) is 116 cm³/mol. The van der Waals surface area contributed by atoms with Gasteiger partial charge in [0, 0.05) is 29.2 Å². The van der Waals surface area contributed by atoms with E-state index in [4.69, 9.17) is 31.3 Å². The van der Waals surface area contributed by atoms with E-state index in [0.717, 1.165) is 46.8 Å². The number of halogens is 2. The molecule has 0 amide bonds. The molecule has 150 valence electrons. The molecule has 0 radical (unpaired) electrons. The van der Waals surface area contributed by atoms with Gasteiger partial charge >= 0.3 is 0 Å². The standard InChI is InChI=1S/C23H18ClFN4O/c24-17-5-1-16(2-6-17)22-27-20-10-9-19(15-3-7-18(25)8-4-15)26-21(20)23(28-22)29-11-13-30-14-12-29/h1-10H,11-14H2. The molecule has 4 aromatic rings. The minimum Gasteiger partial charge on any atom is -0.378 e. The summed E-state index contributed by atoms with van der Waals surface area (Å²) in [6.07, 6.45) is 0. The molecule has 0 bridgehead atoms. The van der Waals surface area contributed by atoms with Crippen LogP contribution in [0, 0.1) is 5.82 Å². The second kappa shape index (κ2) is 7.97. The Hall–Kier alpha value is -3.09. The topological polar surface area (TPSA) is 51.1 Å². The van der Waals surface area contributed by atoms with Crippen molar-refractivity contribution >= 4 is 28.5 Å². The Kier molecular flexibility index (Phi) is 5.02. The highest BCUT2D eigenvalue weighted by molar-refractivity contribution is 6.30. The molecule has 30 heavy (non-hydrogen) atoms. The van der Waals surface area contributed by atoms with Crippen molar-refractivity contribution in [3.05, 3.63) is 71.5 Å². The van der Waals surface area contributed by atoms with Gasteiger partial charge in [-0.05, 0) is 60.7 Å². The van der Waals surface area contributed by atoms with E-state index in [-0.39, 0.29) is 5.82 Å². The van der Waals surface area contributed by atoms with Crippen molar-refractivity contribution in [1.29, 1.82) is 0 Å². The first kappa shape index (κ1) is 18.9. The lowest BCUT2D eigenvalue weighted by atomic mass is 10.1. The maximum Gasteiger partial charge on any atom is 0.162 e. The van der Waals surface area contributed by atoms with Gasteiger partial charge in [-0.1, -0.05) is 11.6 Å². The normalized spacial score (nSPS) is 14.3. The second-order valence-corrected chi connectivity index (χ2v) is 7.48. The maximum atomic E-state index is 13.3. The van der Waals surface area contributed by atoms with Crippen LogP contribution in [0.15, 0.2) is 60.7 Å². The average molecular weight is 421 g/mol. The molecule has 5 nitrogen and oxygen atoms in total. The van der Waals surface area contributed by atoms with Gasteiger partial charge in [-0.3, -0.25) is 0 Å². The van der Waals surface area contributed by atoms with Crippen LogP contribution in [0.2, 0.25) is 5.02 Å². The molecular formula is C23H18ClFN4O. The average Bonchev–Trinajstić information content (AvgIpc) is 2.79. The molecule has 1 saturated heterocycles. The van der Waals surface area contributed by atoms with Gasteiger partial charge in [-0.15, -0.1) is 0 Å². The molecule has 5 rings (SSSR count). The van der Waals surface area contributed by atoms with Crippen molar-refractivity contribution in [1.82, 2.24) is 15.0 Å².